The van der Waals surface area contributed by atoms with E-state index < -0.39 is 16.1 Å². The maximum atomic E-state index is 12.6. The molecule has 7 heteroatoms. The number of rotatable bonds is 8. The van der Waals surface area contributed by atoms with Gasteiger partial charge in [-0.2, -0.15) is 0 Å². The molecule has 2 rings (SSSR count). The first-order valence-corrected chi connectivity index (χ1v) is 10.7. The molecule has 0 aliphatic carbocycles. The van der Waals surface area contributed by atoms with Crippen molar-refractivity contribution in [1.82, 2.24) is 5.32 Å². The summed E-state index contributed by atoms with van der Waals surface area (Å²) >= 11 is 0. The lowest BCUT2D eigenvalue weighted by atomic mass is 10.1. The molecule has 0 bridgehead atoms. The second-order valence-electron chi connectivity index (χ2n) is 7.35. The van der Waals surface area contributed by atoms with Gasteiger partial charge in [-0.1, -0.05) is 19.9 Å². The molecule has 0 saturated heterocycles. The van der Waals surface area contributed by atoms with Crippen molar-refractivity contribution in [2.24, 2.45) is 5.92 Å². The number of aryl methyl sites for hydroxylation is 2. The van der Waals surface area contributed by atoms with Crippen molar-refractivity contribution in [3.63, 3.8) is 0 Å². The molecular weight excluding hydrogens is 376 g/mol. The molecule has 0 aliphatic rings. The van der Waals surface area contributed by atoms with E-state index in [2.05, 4.69) is 10.0 Å². The lowest BCUT2D eigenvalue weighted by Crippen LogP contribution is -2.38. The van der Waals surface area contributed by atoms with Crippen molar-refractivity contribution in [3.05, 3.63) is 53.6 Å². The van der Waals surface area contributed by atoms with Crippen LogP contribution in [0.15, 0.2) is 47.4 Å². The van der Waals surface area contributed by atoms with Crippen LogP contribution >= 0.6 is 0 Å². The van der Waals surface area contributed by atoms with Gasteiger partial charge in [0.15, 0.2) is 6.10 Å². The van der Waals surface area contributed by atoms with Gasteiger partial charge in [-0.15, -0.1) is 0 Å². The van der Waals surface area contributed by atoms with E-state index >= 15 is 0 Å². The molecular formula is C21H28N2O4S. The summed E-state index contributed by atoms with van der Waals surface area (Å²) in [5.41, 5.74) is 2.48. The number of sulfonamides is 1. The molecule has 2 N–H and O–H groups in total. The van der Waals surface area contributed by atoms with Gasteiger partial charge < -0.3 is 10.1 Å². The minimum absolute atomic E-state index is 0.121. The summed E-state index contributed by atoms with van der Waals surface area (Å²) in [6.45, 7) is 10.1. The van der Waals surface area contributed by atoms with Crippen LogP contribution in [0.5, 0.6) is 5.75 Å². The largest absolute Gasteiger partial charge is 0.481 e. The molecule has 6 nitrogen and oxygen atoms in total. The van der Waals surface area contributed by atoms with Gasteiger partial charge in [0, 0.05) is 12.2 Å². The van der Waals surface area contributed by atoms with E-state index in [1.807, 2.05) is 33.8 Å². The van der Waals surface area contributed by atoms with Crippen molar-refractivity contribution in [2.75, 3.05) is 11.3 Å². The fourth-order valence-electron chi connectivity index (χ4n) is 2.65. The standard InChI is InChI=1S/C21H28N2O4S/c1-14(2)13-22-21(24)17(5)27-19-6-8-20(9-7-19)28(25,26)23-18-11-15(3)10-16(4)12-18/h6-12,14,17,23H,13H2,1-5H3,(H,22,24)/t17-/m1/s1. The third-order valence-electron chi connectivity index (χ3n) is 3.97. The first-order chi connectivity index (χ1) is 13.1. The van der Waals surface area contributed by atoms with Crippen LogP contribution in [0.1, 0.15) is 31.9 Å². The maximum absolute atomic E-state index is 12.6. The predicted octanol–water partition coefficient (Wildman–Crippen LogP) is 3.64. The van der Waals surface area contributed by atoms with Crippen molar-refractivity contribution < 1.29 is 17.9 Å². The summed E-state index contributed by atoms with van der Waals surface area (Å²) in [4.78, 5) is 12.1. The van der Waals surface area contributed by atoms with Crippen LogP contribution in [0, 0.1) is 19.8 Å². The van der Waals surface area contributed by atoms with Crippen LogP contribution in [-0.2, 0) is 14.8 Å². The highest BCUT2D eigenvalue weighted by atomic mass is 32.2. The number of carbonyl (C=O) groups is 1. The van der Waals surface area contributed by atoms with E-state index in [-0.39, 0.29) is 10.8 Å². The third-order valence-corrected chi connectivity index (χ3v) is 5.37. The Morgan fingerprint density at radius 3 is 2.11 bits per heavy atom. The Bertz CT molecular complexity index is 902. The maximum Gasteiger partial charge on any atom is 0.261 e. The van der Waals surface area contributed by atoms with Gasteiger partial charge in [-0.05, 0) is 74.2 Å². The number of ether oxygens (including phenoxy) is 1. The molecule has 1 amide bonds. The number of hydrogen-bond donors (Lipinski definition) is 2. The summed E-state index contributed by atoms with van der Waals surface area (Å²) in [6, 6.07) is 11.5. The van der Waals surface area contributed by atoms with E-state index in [0.717, 1.165) is 11.1 Å². The minimum Gasteiger partial charge on any atom is -0.481 e. The molecule has 0 aliphatic heterocycles. The molecule has 0 saturated carbocycles. The molecule has 0 heterocycles. The normalized spacial score (nSPS) is 12.5. The third kappa shape index (κ3) is 6.27. The van der Waals surface area contributed by atoms with Gasteiger partial charge in [0.2, 0.25) is 0 Å². The SMILES string of the molecule is Cc1cc(C)cc(NS(=O)(=O)c2ccc(O[C@H](C)C(=O)NCC(C)C)cc2)c1. The zero-order valence-corrected chi connectivity index (χ0v) is 17.8. The number of hydrogen-bond acceptors (Lipinski definition) is 4. The highest BCUT2D eigenvalue weighted by Gasteiger charge is 2.17. The van der Waals surface area contributed by atoms with Gasteiger partial charge in [-0.3, -0.25) is 9.52 Å². The minimum atomic E-state index is -3.71. The molecule has 0 fully saturated rings. The van der Waals surface area contributed by atoms with Crippen molar-refractivity contribution >= 4 is 21.6 Å². The van der Waals surface area contributed by atoms with E-state index in [4.69, 9.17) is 4.74 Å². The van der Waals surface area contributed by atoms with E-state index in [0.29, 0.717) is 23.9 Å². The Labute approximate surface area is 167 Å². The zero-order chi connectivity index (χ0) is 20.9. The molecule has 0 aromatic heterocycles. The summed E-state index contributed by atoms with van der Waals surface area (Å²) < 4.78 is 33.4. The summed E-state index contributed by atoms with van der Waals surface area (Å²) in [5.74, 6) is 0.574. The van der Waals surface area contributed by atoms with Crippen LogP contribution in [0.3, 0.4) is 0 Å². The van der Waals surface area contributed by atoms with Crippen LogP contribution in [0.25, 0.3) is 0 Å². The van der Waals surface area contributed by atoms with Gasteiger partial charge in [0.25, 0.3) is 15.9 Å². The molecule has 0 spiro atoms. The molecule has 0 radical (unpaired) electrons. The molecule has 28 heavy (non-hydrogen) atoms. The first-order valence-electron chi connectivity index (χ1n) is 9.22. The van der Waals surface area contributed by atoms with E-state index in [1.54, 1.807) is 31.2 Å². The topological polar surface area (TPSA) is 84.5 Å². The number of anilines is 1. The van der Waals surface area contributed by atoms with Crippen molar-refractivity contribution in [2.45, 2.75) is 45.6 Å². The molecule has 1 atom stereocenters. The lowest BCUT2D eigenvalue weighted by molar-refractivity contribution is -0.127. The first kappa shape index (κ1) is 21.8. The predicted molar refractivity (Wildman–Crippen MR) is 111 cm³/mol. The quantitative estimate of drug-likeness (QED) is 0.703. The summed E-state index contributed by atoms with van der Waals surface area (Å²) in [7, 11) is -3.71. The van der Waals surface area contributed by atoms with Gasteiger partial charge in [0.05, 0.1) is 4.90 Å². The fraction of sp³-hybridized carbons (Fsp3) is 0.381. The molecule has 152 valence electrons. The Morgan fingerprint density at radius 2 is 1.57 bits per heavy atom. The Hall–Kier alpha value is -2.54. The van der Waals surface area contributed by atoms with Crippen LogP contribution in [0.4, 0.5) is 5.69 Å². The van der Waals surface area contributed by atoms with Crippen molar-refractivity contribution in [1.29, 1.82) is 0 Å². The Balaban J connectivity index is 2.05. The van der Waals surface area contributed by atoms with Gasteiger partial charge in [-0.25, -0.2) is 8.42 Å². The second kappa shape index (κ2) is 9.10. The van der Waals surface area contributed by atoms with Gasteiger partial charge in [0.1, 0.15) is 5.75 Å². The van der Waals surface area contributed by atoms with Crippen LogP contribution in [0.2, 0.25) is 0 Å². The summed E-state index contributed by atoms with van der Waals surface area (Å²) in [6.07, 6.45) is -0.672. The Morgan fingerprint density at radius 1 is 1.00 bits per heavy atom. The second-order valence-corrected chi connectivity index (χ2v) is 9.03. The highest BCUT2D eigenvalue weighted by molar-refractivity contribution is 7.92. The molecule has 2 aromatic carbocycles. The fourth-order valence-corrected chi connectivity index (χ4v) is 3.69. The zero-order valence-electron chi connectivity index (χ0n) is 16.9. The van der Waals surface area contributed by atoms with Crippen molar-refractivity contribution in [3.8, 4) is 5.75 Å². The smallest absolute Gasteiger partial charge is 0.261 e. The number of carbonyl (C=O) groups excluding carboxylic acids is 1. The number of nitrogens with one attached hydrogen (secondary N) is 2. The van der Waals surface area contributed by atoms with E-state index in [9.17, 15) is 13.2 Å². The number of benzene rings is 2. The number of amides is 1. The molecule has 2 aromatic rings. The lowest BCUT2D eigenvalue weighted by Gasteiger charge is -2.16. The van der Waals surface area contributed by atoms with Gasteiger partial charge >= 0.3 is 0 Å². The average molecular weight is 405 g/mol. The highest BCUT2D eigenvalue weighted by Crippen LogP contribution is 2.21. The van der Waals surface area contributed by atoms with Crippen LogP contribution < -0.4 is 14.8 Å². The van der Waals surface area contributed by atoms with Crippen LogP contribution in [-0.4, -0.2) is 27.0 Å². The van der Waals surface area contributed by atoms with E-state index in [1.165, 1.54) is 12.1 Å². The Kier molecular flexibility index (Phi) is 7.07. The summed E-state index contributed by atoms with van der Waals surface area (Å²) in [5, 5.41) is 2.80. The molecule has 0 unspecified atom stereocenters. The monoisotopic (exact) mass is 404 g/mol. The average Bonchev–Trinajstić information content (AvgIpc) is 2.58.